The van der Waals surface area contributed by atoms with Crippen LogP contribution in [0.3, 0.4) is 0 Å². The van der Waals surface area contributed by atoms with Crippen molar-refractivity contribution in [2.24, 2.45) is 5.92 Å². The van der Waals surface area contributed by atoms with Crippen molar-refractivity contribution in [1.29, 1.82) is 0 Å². The van der Waals surface area contributed by atoms with Gasteiger partial charge in [-0.15, -0.1) is 11.3 Å². The van der Waals surface area contributed by atoms with Gasteiger partial charge in [0.05, 0.1) is 30.4 Å². The SMILES string of the molecule is C[C@@H]1CCCCO[C@@H](CN(C)S(=O)(=O)c2cccs2)[C@@H](C)CN([C@H](C)CO)C(=O)c2cc(NC(=O)Nc3ccc(F)cc3)ccc2O1. The Morgan fingerprint density at radius 1 is 1.13 bits per heavy atom. The molecule has 11 nitrogen and oxygen atoms in total. The quantitative estimate of drug-likeness (QED) is 0.278. The molecule has 256 valence electrons. The molecule has 0 spiro atoms. The molecule has 0 radical (unpaired) electrons. The maximum Gasteiger partial charge on any atom is 0.323 e. The molecule has 1 aromatic heterocycles. The maximum atomic E-state index is 14.3. The van der Waals surface area contributed by atoms with E-state index in [9.17, 15) is 27.5 Å². The van der Waals surface area contributed by atoms with Crippen LogP contribution in [0, 0.1) is 11.7 Å². The fourth-order valence-electron chi connectivity index (χ4n) is 5.20. The highest BCUT2D eigenvalue weighted by Gasteiger charge is 2.32. The number of nitrogens with one attached hydrogen (secondary N) is 2. The molecule has 2 aromatic carbocycles. The van der Waals surface area contributed by atoms with E-state index in [-0.39, 0.29) is 41.5 Å². The number of benzene rings is 2. The summed E-state index contributed by atoms with van der Waals surface area (Å²) >= 11 is 1.14. The summed E-state index contributed by atoms with van der Waals surface area (Å²) in [7, 11) is -2.21. The molecule has 47 heavy (non-hydrogen) atoms. The molecule has 14 heteroatoms. The lowest BCUT2D eigenvalue weighted by Crippen LogP contribution is -2.48. The molecule has 0 bridgehead atoms. The Balaban J connectivity index is 1.62. The number of aliphatic hydroxyl groups excluding tert-OH is 1. The number of anilines is 2. The highest BCUT2D eigenvalue weighted by molar-refractivity contribution is 7.91. The Morgan fingerprint density at radius 3 is 2.51 bits per heavy atom. The van der Waals surface area contributed by atoms with E-state index in [4.69, 9.17) is 9.47 Å². The first-order valence-electron chi connectivity index (χ1n) is 15.6. The van der Waals surface area contributed by atoms with Gasteiger partial charge in [0.1, 0.15) is 15.8 Å². The number of hydrogen-bond donors (Lipinski definition) is 3. The first kappa shape index (κ1) is 36.3. The second-order valence-electron chi connectivity index (χ2n) is 11.8. The molecular formula is C33H43FN4O7S2. The van der Waals surface area contributed by atoms with Crippen molar-refractivity contribution >= 4 is 44.7 Å². The van der Waals surface area contributed by atoms with E-state index in [0.29, 0.717) is 30.2 Å². The number of carbonyl (C=O) groups excluding carboxylic acids is 2. The zero-order chi connectivity index (χ0) is 34.1. The van der Waals surface area contributed by atoms with Crippen LogP contribution in [0.1, 0.15) is 50.4 Å². The normalized spacial score (nSPS) is 20.5. The van der Waals surface area contributed by atoms with Gasteiger partial charge in [0.25, 0.3) is 15.9 Å². The van der Waals surface area contributed by atoms with E-state index in [2.05, 4.69) is 10.6 Å². The number of rotatable bonds is 8. The van der Waals surface area contributed by atoms with Gasteiger partial charge in [0.15, 0.2) is 0 Å². The molecule has 3 amide bonds. The van der Waals surface area contributed by atoms with Gasteiger partial charge in [-0.1, -0.05) is 13.0 Å². The smallest absolute Gasteiger partial charge is 0.323 e. The number of fused-ring (bicyclic) bond motifs is 1. The summed E-state index contributed by atoms with van der Waals surface area (Å²) in [6.07, 6.45) is 1.40. The molecule has 4 rings (SSSR count). The van der Waals surface area contributed by atoms with Crippen LogP contribution in [0.15, 0.2) is 64.2 Å². The third-order valence-corrected chi connectivity index (χ3v) is 11.2. The number of aliphatic hydroxyl groups is 1. The molecule has 3 N–H and O–H groups in total. The average Bonchev–Trinajstić information content (AvgIpc) is 3.60. The number of hydrogen-bond acceptors (Lipinski definition) is 8. The minimum Gasteiger partial charge on any atom is -0.490 e. The van der Waals surface area contributed by atoms with Crippen LogP contribution in [0.4, 0.5) is 20.6 Å². The summed E-state index contributed by atoms with van der Waals surface area (Å²) < 4.78 is 53.8. The van der Waals surface area contributed by atoms with Crippen LogP contribution < -0.4 is 15.4 Å². The predicted octanol–water partition coefficient (Wildman–Crippen LogP) is 5.65. The Labute approximate surface area is 279 Å². The lowest BCUT2D eigenvalue weighted by Gasteiger charge is -2.35. The van der Waals surface area contributed by atoms with Crippen molar-refractivity contribution < 1.29 is 37.0 Å². The van der Waals surface area contributed by atoms with Gasteiger partial charge >= 0.3 is 6.03 Å². The van der Waals surface area contributed by atoms with E-state index in [1.165, 1.54) is 46.6 Å². The van der Waals surface area contributed by atoms with E-state index in [1.807, 2.05) is 13.8 Å². The Morgan fingerprint density at radius 2 is 1.83 bits per heavy atom. The molecule has 0 saturated carbocycles. The Kier molecular flexibility index (Phi) is 12.7. The summed E-state index contributed by atoms with van der Waals surface area (Å²) in [6.45, 7) is 5.83. The van der Waals surface area contributed by atoms with Crippen molar-refractivity contribution in [3.8, 4) is 5.75 Å². The van der Waals surface area contributed by atoms with Gasteiger partial charge in [0, 0.05) is 44.0 Å². The van der Waals surface area contributed by atoms with Crippen LogP contribution in [-0.4, -0.2) is 86.3 Å². The highest BCUT2D eigenvalue weighted by Crippen LogP contribution is 2.29. The van der Waals surface area contributed by atoms with Crippen molar-refractivity contribution in [1.82, 2.24) is 9.21 Å². The molecule has 0 saturated heterocycles. The summed E-state index contributed by atoms with van der Waals surface area (Å²) in [5, 5.41) is 17.2. The van der Waals surface area contributed by atoms with Gasteiger partial charge in [0.2, 0.25) is 0 Å². The van der Waals surface area contributed by atoms with E-state index in [1.54, 1.807) is 36.6 Å². The van der Waals surface area contributed by atoms with E-state index < -0.39 is 39.9 Å². The second-order valence-corrected chi connectivity index (χ2v) is 15.0. The van der Waals surface area contributed by atoms with Gasteiger partial charge < -0.3 is 30.1 Å². The molecule has 0 aliphatic carbocycles. The molecule has 4 atom stereocenters. The number of carbonyl (C=O) groups is 2. The topological polar surface area (TPSA) is 138 Å². The lowest BCUT2D eigenvalue weighted by molar-refractivity contribution is -0.00832. The lowest BCUT2D eigenvalue weighted by atomic mass is 10.0. The van der Waals surface area contributed by atoms with Crippen molar-refractivity contribution in [2.75, 3.05) is 44.0 Å². The number of urea groups is 1. The number of nitrogens with zero attached hydrogens (tertiary/aromatic N) is 2. The van der Waals surface area contributed by atoms with Crippen LogP contribution in [0.25, 0.3) is 0 Å². The van der Waals surface area contributed by atoms with Crippen LogP contribution in [0.2, 0.25) is 0 Å². The zero-order valence-corrected chi connectivity index (χ0v) is 28.7. The third kappa shape index (κ3) is 9.73. The predicted molar refractivity (Wildman–Crippen MR) is 180 cm³/mol. The van der Waals surface area contributed by atoms with Gasteiger partial charge in [-0.25, -0.2) is 17.6 Å². The zero-order valence-electron chi connectivity index (χ0n) is 27.0. The monoisotopic (exact) mass is 690 g/mol. The number of halogens is 1. The van der Waals surface area contributed by atoms with Crippen LogP contribution in [0.5, 0.6) is 5.75 Å². The van der Waals surface area contributed by atoms with E-state index >= 15 is 0 Å². The van der Waals surface area contributed by atoms with Crippen LogP contribution in [-0.2, 0) is 14.8 Å². The van der Waals surface area contributed by atoms with Crippen molar-refractivity contribution in [3.05, 3.63) is 71.4 Å². The fourth-order valence-corrected chi connectivity index (χ4v) is 7.59. The second kappa shape index (κ2) is 16.5. The molecule has 1 aliphatic heterocycles. The Hall–Kier alpha value is -3.56. The molecule has 1 aliphatic rings. The first-order valence-corrected chi connectivity index (χ1v) is 17.9. The molecule has 2 heterocycles. The largest absolute Gasteiger partial charge is 0.490 e. The average molecular weight is 691 g/mol. The van der Waals surface area contributed by atoms with Gasteiger partial charge in [-0.2, -0.15) is 4.31 Å². The van der Waals surface area contributed by atoms with Crippen molar-refractivity contribution in [3.63, 3.8) is 0 Å². The molecule has 0 fully saturated rings. The highest BCUT2D eigenvalue weighted by atomic mass is 32.2. The van der Waals surface area contributed by atoms with Crippen LogP contribution >= 0.6 is 11.3 Å². The standard InChI is InChI=1S/C33H43FN4O7S2/c1-22-19-38(23(2)21-39)32(40)28-18-27(36-33(41)35-26-12-10-25(34)11-13-26)14-15-29(28)45-24(3)8-5-6-16-44-30(22)20-37(4)47(42,43)31-9-7-17-46-31/h7,9-15,17-18,22-24,30,39H,5-6,8,16,19-21H2,1-4H3,(H2,35,36,41)/t22-,23+,24+,30-/m0/s1. The first-order chi connectivity index (χ1) is 22.4. The van der Waals surface area contributed by atoms with Gasteiger partial charge in [-0.05, 0) is 87.0 Å². The number of thiophene rings is 1. The number of amides is 3. The van der Waals surface area contributed by atoms with E-state index in [0.717, 1.165) is 24.2 Å². The maximum absolute atomic E-state index is 14.3. The molecule has 3 aromatic rings. The summed E-state index contributed by atoms with van der Waals surface area (Å²) in [5.74, 6) is -0.859. The van der Waals surface area contributed by atoms with Gasteiger partial charge in [-0.3, -0.25) is 4.79 Å². The third-order valence-electron chi connectivity index (χ3n) is 8.01. The number of sulfonamides is 1. The minimum atomic E-state index is -3.73. The minimum absolute atomic E-state index is 0.0737. The molecular weight excluding hydrogens is 648 g/mol. The summed E-state index contributed by atoms with van der Waals surface area (Å²) in [6, 6.07) is 12.2. The fraction of sp³-hybridized carbons (Fsp3) is 0.455. The number of ether oxygens (including phenoxy) is 2. The molecule has 0 unspecified atom stereocenters. The van der Waals surface area contributed by atoms with Crippen molar-refractivity contribution in [2.45, 2.75) is 62.5 Å². The summed E-state index contributed by atoms with van der Waals surface area (Å²) in [4.78, 5) is 28.6. The Bertz CT molecular complexity index is 1590. The summed E-state index contributed by atoms with van der Waals surface area (Å²) in [5.41, 5.74) is 0.897. The number of likely N-dealkylation sites (N-methyl/N-ethyl adjacent to an activating group) is 1.